The molecule has 2 N–H and O–H groups in total. The average Bonchev–Trinajstić information content (AvgIpc) is 3.07. The molecule has 1 saturated carbocycles. The number of rotatable bonds is 6. The highest BCUT2D eigenvalue weighted by Crippen LogP contribution is 2.32. The molecule has 6 heteroatoms. The van der Waals surface area contributed by atoms with Gasteiger partial charge in [-0.2, -0.15) is 4.98 Å². The lowest BCUT2D eigenvalue weighted by Crippen LogP contribution is -2.33. The molecule has 1 aromatic heterocycles. The van der Waals surface area contributed by atoms with E-state index in [1.165, 1.54) is 0 Å². The van der Waals surface area contributed by atoms with Crippen molar-refractivity contribution in [1.29, 1.82) is 0 Å². The average molecular weight is 239 g/mol. The standard InChI is InChI=1S/C11H17N3O3/c1-7-13-11(17-14-7)5-4-10(16)12-6-9(15)8-2-3-8/h8-9,15H,2-6H2,1H3,(H,12,16). The molecule has 1 amide bonds. The van der Waals surface area contributed by atoms with Gasteiger partial charge in [0, 0.05) is 19.4 Å². The fourth-order valence-electron chi connectivity index (χ4n) is 1.62. The Morgan fingerprint density at radius 3 is 3.00 bits per heavy atom. The van der Waals surface area contributed by atoms with Crippen LogP contribution >= 0.6 is 0 Å². The number of carbonyl (C=O) groups excluding carboxylic acids is 1. The SMILES string of the molecule is Cc1noc(CCC(=O)NCC(O)C2CC2)n1. The van der Waals surface area contributed by atoms with E-state index in [1.54, 1.807) is 6.92 Å². The Labute approximate surface area is 99.4 Å². The second kappa shape index (κ2) is 5.27. The van der Waals surface area contributed by atoms with Crippen LogP contribution in [0.5, 0.6) is 0 Å². The van der Waals surface area contributed by atoms with Gasteiger partial charge < -0.3 is 14.9 Å². The number of hydrogen-bond donors (Lipinski definition) is 2. The second-order valence-corrected chi connectivity index (χ2v) is 4.44. The Morgan fingerprint density at radius 1 is 1.65 bits per heavy atom. The summed E-state index contributed by atoms with van der Waals surface area (Å²) in [6.07, 6.45) is 2.48. The van der Waals surface area contributed by atoms with E-state index >= 15 is 0 Å². The fraction of sp³-hybridized carbons (Fsp3) is 0.727. The minimum atomic E-state index is -0.399. The van der Waals surface area contributed by atoms with Crippen LogP contribution in [0.15, 0.2) is 4.52 Å². The molecule has 1 aliphatic rings. The first-order chi connectivity index (χ1) is 8.15. The quantitative estimate of drug-likeness (QED) is 0.740. The van der Waals surface area contributed by atoms with Gasteiger partial charge in [0.25, 0.3) is 0 Å². The number of aliphatic hydroxyl groups excluding tert-OH is 1. The Bertz CT molecular complexity index is 387. The Balaban J connectivity index is 1.63. The summed E-state index contributed by atoms with van der Waals surface area (Å²) in [6.45, 7) is 2.07. The number of aromatic nitrogens is 2. The third kappa shape index (κ3) is 3.81. The zero-order chi connectivity index (χ0) is 12.3. The summed E-state index contributed by atoms with van der Waals surface area (Å²) in [5.41, 5.74) is 0. The molecule has 1 atom stereocenters. The van der Waals surface area contributed by atoms with E-state index in [2.05, 4.69) is 15.5 Å². The van der Waals surface area contributed by atoms with Gasteiger partial charge in [0.05, 0.1) is 6.10 Å². The van der Waals surface area contributed by atoms with E-state index < -0.39 is 6.10 Å². The summed E-state index contributed by atoms with van der Waals surface area (Å²) >= 11 is 0. The van der Waals surface area contributed by atoms with E-state index in [0.29, 0.717) is 37.0 Å². The van der Waals surface area contributed by atoms with Crippen molar-refractivity contribution in [2.45, 2.75) is 38.7 Å². The molecule has 0 radical (unpaired) electrons. The van der Waals surface area contributed by atoms with Gasteiger partial charge in [0.15, 0.2) is 5.82 Å². The number of amides is 1. The molecular formula is C11H17N3O3. The van der Waals surface area contributed by atoms with Crippen LogP contribution in [0.3, 0.4) is 0 Å². The fourth-order valence-corrected chi connectivity index (χ4v) is 1.62. The van der Waals surface area contributed by atoms with Crippen LogP contribution in [-0.4, -0.2) is 33.8 Å². The summed E-state index contributed by atoms with van der Waals surface area (Å²) in [4.78, 5) is 15.5. The predicted molar refractivity (Wildman–Crippen MR) is 59.1 cm³/mol. The van der Waals surface area contributed by atoms with Crippen LogP contribution in [0.4, 0.5) is 0 Å². The maximum absolute atomic E-state index is 11.5. The molecule has 0 saturated heterocycles. The van der Waals surface area contributed by atoms with Crippen molar-refractivity contribution in [1.82, 2.24) is 15.5 Å². The number of aliphatic hydroxyl groups is 1. The van der Waals surface area contributed by atoms with Gasteiger partial charge in [0.2, 0.25) is 11.8 Å². The topological polar surface area (TPSA) is 88.2 Å². The minimum Gasteiger partial charge on any atom is -0.391 e. The Kier molecular flexibility index (Phi) is 3.73. The molecule has 94 valence electrons. The van der Waals surface area contributed by atoms with Crippen LogP contribution in [0, 0.1) is 12.8 Å². The van der Waals surface area contributed by atoms with E-state index in [4.69, 9.17) is 4.52 Å². The van der Waals surface area contributed by atoms with Crippen LogP contribution in [0.25, 0.3) is 0 Å². The summed E-state index contributed by atoms with van der Waals surface area (Å²) in [6, 6.07) is 0. The molecule has 0 aliphatic heterocycles. The Hall–Kier alpha value is -1.43. The normalized spacial score (nSPS) is 16.8. The predicted octanol–water partition coefficient (Wildman–Crippen LogP) is 0.198. The summed E-state index contributed by atoms with van der Waals surface area (Å²) in [7, 11) is 0. The Morgan fingerprint density at radius 2 is 2.41 bits per heavy atom. The molecule has 1 unspecified atom stereocenters. The van der Waals surface area contributed by atoms with Gasteiger partial charge in [-0.15, -0.1) is 0 Å². The maximum atomic E-state index is 11.5. The molecule has 1 heterocycles. The first kappa shape index (κ1) is 12.0. The first-order valence-electron chi connectivity index (χ1n) is 5.89. The maximum Gasteiger partial charge on any atom is 0.227 e. The molecule has 6 nitrogen and oxygen atoms in total. The summed E-state index contributed by atoms with van der Waals surface area (Å²) in [5.74, 6) is 1.33. The van der Waals surface area contributed by atoms with Crippen molar-refractivity contribution in [2.24, 2.45) is 5.92 Å². The smallest absolute Gasteiger partial charge is 0.227 e. The molecule has 0 aromatic carbocycles. The molecule has 17 heavy (non-hydrogen) atoms. The van der Waals surface area contributed by atoms with Crippen molar-refractivity contribution < 1.29 is 14.4 Å². The molecule has 1 aliphatic carbocycles. The molecular weight excluding hydrogens is 222 g/mol. The van der Waals surface area contributed by atoms with Crippen LogP contribution in [-0.2, 0) is 11.2 Å². The van der Waals surface area contributed by atoms with Gasteiger partial charge in [-0.05, 0) is 25.7 Å². The summed E-state index contributed by atoms with van der Waals surface area (Å²) in [5, 5.41) is 15.9. The van der Waals surface area contributed by atoms with Gasteiger partial charge in [-0.3, -0.25) is 4.79 Å². The number of aryl methyl sites for hydroxylation is 2. The monoisotopic (exact) mass is 239 g/mol. The van der Waals surface area contributed by atoms with E-state index in [1.807, 2.05) is 0 Å². The van der Waals surface area contributed by atoms with Crippen LogP contribution in [0.2, 0.25) is 0 Å². The number of nitrogens with zero attached hydrogens (tertiary/aromatic N) is 2. The molecule has 1 aromatic rings. The highest BCUT2D eigenvalue weighted by Gasteiger charge is 2.29. The zero-order valence-electron chi connectivity index (χ0n) is 9.85. The second-order valence-electron chi connectivity index (χ2n) is 4.44. The van der Waals surface area contributed by atoms with Crippen LogP contribution in [0.1, 0.15) is 31.0 Å². The minimum absolute atomic E-state index is 0.0967. The highest BCUT2D eigenvalue weighted by atomic mass is 16.5. The third-order valence-electron chi connectivity index (χ3n) is 2.81. The number of carbonyl (C=O) groups is 1. The van der Waals surface area contributed by atoms with Crippen molar-refractivity contribution in [3.05, 3.63) is 11.7 Å². The third-order valence-corrected chi connectivity index (χ3v) is 2.81. The number of hydrogen-bond acceptors (Lipinski definition) is 5. The zero-order valence-corrected chi connectivity index (χ0v) is 9.85. The largest absolute Gasteiger partial charge is 0.391 e. The first-order valence-corrected chi connectivity index (χ1v) is 5.89. The lowest BCUT2D eigenvalue weighted by Gasteiger charge is -2.09. The van der Waals surface area contributed by atoms with E-state index in [0.717, 1.165) is 12.8 Å². The van der Waals surface area contributed by atoms with Crippen molar-refractivity contribution in [3.8, 4) is 0 Å². The van der Waals surface area contributed by atoms with Gasteiger partial charge >= 0.3 is 0 Å². The van der Waals surface area contributed by atoms with E-state index in [9.17, 15) is 9.90 Å². The van der Waals surface area contributed by atoms with Crippen LogP contribution < -0.4 is 5.32 Å². The molecule has 0 spiro atoms. The molecule has 0 bridgehead atoms. The summed E-state index contributed by atoms with van der Waals surface area (Å²) < 4.78 is 4.90. The molecule has 1 fully saturated rings. The van der Waals surface area contributed by atoms with E-state index in [-0.39, 0.29) is 5.91 Å². The van der Waals surface area contributed by atoms with Gasteiger partial charge in [-0.25, -0.2) is 0 Å². The lowest BCUT2D eigenvalue weighted by molar-refractivity contribution is -0.121. The lowest BCUT2D eigenvalue weighted by atomic mass is 10.2. The number of nitrogens with one attached hydrogen (secondary N) is 1. The van der Waals surface area contributed by atoms with Gasteiger partial charge in [-0.1, -0.05) is 5.16 Å². The highest BCUT2D eigenvalue weighted by molar-refractivity contribution is 5.76. The van der Waals surface area contributed by atoms with Crippen molar-refractivity contribution >= 4 is 5.91 Å². The van der Waals surface area contributed by atoms with Gasteiger partial charge in [0.1, 0.15) is 0 Å². The molecule has 2 rings (SSSR count). The van der Waals surface area contributed by atoms with Crippen molar-refractivity contribution in [2.75, 3.05) is 6.54 Å². The van der Waals surface area contributed by atoms with Crippen molar-refractivity contribution in [3.63, 3.8) is 0 Å².